The highest BCUT2D eigenvalue weighted by Gasteiger charge is 2.18. The van der Waals surface area contributed by atoms with Crippen LogP contribution in [0, 0.1) is 0 Å². The number of ether oxygens (including phenoxy) is 2. The SMILES string of the molecule is CC(C)(C)OC(=O)CCOCCC(=O)NCCCCn1nc(-c2ccc3oc(N)nc3c2)c2c(N)ncnc21. The average molecular weight is 539 g/mol. The molecule has 1 amide bonds. The Balaban J connectivity index is 1.24. The van der Waals surface area contributed by atoms with Crippen LogP contribution in [0.2, 0.25) is 0 Å². The zero-order valence-corrected chi connectivity index (χ0v) is 22.4. The van der Waals surface area contributed by atoms with Crippen molar-refractivity contribution in [2.45, 2.75) is 58.6 Å². The first-order chi connectivity index (χ1) is 18.6. The summed E-state index contributed by atoms with van der Waals surface area (Å²) in [7, 11) is 0. The third-order valence-electron chi connectivity index (χ3n) is 5.70. The van der Waals surface area contributed by atoms with Crippen molar-refractivity contribution >= 4 is 45.8 Å². The highest BCUT2D eigenvalue weighted by Crippen LogP contribution is 2.32. The molecule has 0 aliphatic heterocycles. The van der Waals surface area contributed by atoms with Crippen LogP contribution in [0.5, 0.6) is 0 Å². The zero-order valence-electron chi connectivity index (χ0n) is 22.4. The topological polar surface area (TPSA) is 186 Å². The minimum Gasteiger partial charge on any atom is -0.460 e. The highest BCUT2D eigenvalue weighted by molar-refractivity contribution is 5.99. The summed E-state index contributed by atoms with van der Waals surface area (Å²) < 4.78 is 17.8. The Hall–Kier alpha value is -4.26. The van der Waals surface area contributed by atoms with E-state index < -0.39 is 5.60 Å². The molecule has 0 saturated carbocycles. The van der Waals surface area contributed by atoms with Crippen molar-refractivity contribution in [1.29, 1.82) is 0 Å². The lowest BCUT2D eigenvalue weighted by atomic mass is 10.1. The van der Waals surface area contributed by atoms with Crippen molar-refractivity contribution in [2.75, 3.05) is 31.2 Å². The maximum atomic E-state index is 12.1. The maximum Gasteiger partial charge on any atom is 0.308 e. The summed E-state index contributed by atoms with van der Waals surface area (Å²) in [6.07, 6.45) is 3.29. The van der Waals surface area contributed by atoms with Crippen molar-refractivity contribution in [3.63, 3.8) is 0 Å². The second kappa shape index (κ2) is 12.1. The molecule has 208 valence electrons. The van der Waals surface area contributed by atoms with Gasteiger partial charge in [-0.1, -0.05) is 0 Å². The second-order valence-electron chi connectivity index (χ2n) is 10.0. The molecule has 0 bridgehead atoms. The first kappa shape index (κ1) is 27.8. The number of fused-ring (bicyclic) bond motifs is 2. The lowest BCUT2D eigenvalue weighted by Gasteiger charge is -2.19. The summed E-state index contributed by atoms with van der Waals surface area (Å²) in [5.74, 6) is -0.0931. The number of unbranched alkanes of at least 4 members (excludes halogenated alkanes) is 1. The first-order valence-corrected chi connectivity index (χ1v) is 12.8. The van der Waals surface area contributed by atoms with Gasteiger partial charge in [-0.25, -0.2) is 14.6 Å². The first-order valence-electron chi connectivity index (χ1n) is 12.8. The number of nitrogens with zero attached hydrogens (tertiary/aromatic N) is 5. The van der Waals surface area contributed by atoms with E-state index in [1.807, 2.05) is 32.9 Å². The third kappa shape index (κ3) is 7.41. The molecule has 0 aliphatic rings. The van der Waals surface area contributed by atoms with E-state index >= 15 is 0 Å². The molecule has 0 atom stereocenters. The number of esters is 1. The van der Waals surface area contributed by atoms with Crippen LogP contribution in [0.25, 0.3) is 33.4 Å². The Labute approximate surface area is 225 Å². The number of amides is 1. The molecule has 0 aliphatic carbocycles. The monoisotopic (exact) mass is 538 g/mol. The molecule has 1 aromatic carbocycles. The Kier molecular flexibility index (Phi) is 8.59. The molecule has 0 spiro atoms. The second-order valence-corrected chi connectivity index (χ2v) is 10.0. The number of benzene rings is 1. The number of carbonyl (C=O) groups is 2. The molecule has 3 aromatic heterocycles. The van der Waals surface area contributed by atoms with E-state index in [0.717, 1.165) is 18.4 Å². The van der Waals surface area contributed by atoms with E-state index in [1.165, 1.54) is 6.33 Å². The molecule has 4 aromatic rings. The Bertz CT molecular complexity index is 1460. The van der Waals surface area contributed by atoms with Crippen LogP contribution >= 0.6 is 0 Å². The fourth-order valence-electron chi connectivity index (χ4n) is 4.00. The maximum absolute atomic E-state index is 12.1. The summed E-state index contributed by atoms with van der Waals surface area (Å²) in [6, 6.07) is 5.58. The van der Waals surface area contributed by atoms with Gasteiger partial charge < -0.3 is 30.7 Å². The predicted octanol–water partition coefficient (Wildman–Crippen LogP) is 2.83. The van der Waals surface area contributed by atoms with Crippen LogP contribution in [0.4, 0.5) is 11.8 Å². The van der Waals surface area contributed by atoms with Crippen LogP contribution in [0.15, 0.2) is 28.9 Å². The van der Waals surface area contributed by atoms with E-state index in [1.54, 1.807) is 10.7 Å². The van der Waals surface area contributed by atoms with E-state index in [0.29, 0.717) is 46.7 Å². The van der Waals surface area contributed by atoms with E-state index in [9.17, 15) is 9.59 Å². The number of aromatic nitrogens is 5. The Morgan fingerprint density at radius 1 is 1.10 bits per heavy atom. The summed E-state index contributed by atoms with van der Waals surface area (Å²) >= 11 is 0. The number of nitrogens with two attached hydrogens (primary N) is 2. The van der Waals surface area contributed by atoms with Gasteiger partial charge in [-0.15, -0.1) is 0 Å². The largest absolute Gasteiger partial charge is 0.460 e. The molecule has 0 fully saturated rings. The molecule has 13 nitrogen and oxygen atoms in total. The van der Waals surface area contributed by atoms with Gasteiger partial charge in [-0.05, 0) is 51.8 Å². The van der Waals surface area contributed by atoms with Gasteiger partial charge in [-0.3, -0.25) is 9.59 Å². The van der Waals surface area contributed by atoms with E-state index in [-0.39, 0.29) is 43.9 Å². The lowest BCUT2D eigenvalue weighted by molar-refractivity contribution is -0.156. The van der Waals surface area contributed by atoms with Crippen LogP contribution < -0.4 is 16.8 Å². The number of aryl methyl sites for hydroxylation is 1. The molecule has 39 heavy (non-hydrogen) atoms. The molecule has 3 heterocycles. The smallest absolute Gasteiger partial charge is 0.308 e. The number of oxazole rings is 1. The molecular weight excluding hydrogens is 504 g/mol. The molecule has 5 N–H and O–H groups in total. The van der Waals surface area contributed by atoms with Crippen molar-refractivity contribution < 1.29 is 23.5 Å². The van der Waals surface area contributed by atoms with Crippen LogP contribution in [-0.4, -0.2) is 62.0 Å². The van der Waals surface area contributed by atoms with Gasteiger partial charge >= 0.3 is 5.97 Å². The van der Waals surface area contributed by atoms with Crippen molar-refractivity contribution in [3.05, 3.63) is 24.5 Å². The van der Waals surface area contributed by atoms with Crippen LogP contribution in [-0.2, 0) is 25.6 Å². The van der Waals surface area contributed by atoms with E-state index in [4.69, 9.17) is 30.5 Å². The Morgan fingerprint density at radius 2 is 1.90 bits per heavy atom. The average Bonchev–Trinajstić information content (AvgIpc) is 3.42. The number of anilines is 2. The van der Waals surface area contributed by atoms with Gasteiger partial charge in [0.05, 0.1) is 25.0 Å². The third-order valence-corrected chi connectivity index (χ3v) is 5.70. The molecule has 0 radical (unpaired) electrons. The molecule has 0 saturated heterocycles. The highest BCUT2D eigenvalue weighted by atomic mass is 16.6. The van der Waals surface area contributed by atoms with Gasteiger partial charge in [0.2, 0.25) is 5.91 Å². The number of rotatable bonds is 12. The van der Waals surface area contributed by atoms with E-state index in [2.05, 4.69) is 20.3 Å². The van der Waals surface area contributed by atoms with Crippen LogP contribution in [0.3, 0.4) is 0 Å². The normalized spacial score (nSPS) is 11.8. The molecule has 4 rings (SSSR count). The number of nitrogen functional groups attached to an aromatic ring is 2. The van der Waals surface area contributed by atoms with Crippen molar-refractivity contribution in [3.8, 4) is 11.3 Å². The number of carbonyl (C=O) groups excluding carboxylic acids is 2. The van der Waals surface area contributed by atoms with Crippen molar-refractivity contribution in [1.82, 2.24) is 30.0 Å². The van der Waals surface area contributed by atoms with Crippen LogP contribution in [0.1, 0.15) is 46.5 Å². The van der Waals surface area contributed by atoms with Gasteiger partial charge in [0.1, 0.15) is 29.0 Å². The minimum absolute atomic E-state index is 0.0956. The fraction of sp³-hybridized carbons (Fsp3) is 0.462. The summed E-state index contributed by atoms with van der Waals surface area (Å²) in [6.45, 7) is 6.99. The molecular formula is C26H34N8O5. The van der Waals surface area contributed by atoms with Gasteiger partial charge in [0.25, 0.3) is 6.01 Å². The predicted molar refractivity (Wildman–Crippen MR) is 145 cm³/mol. The Morgan fingerprint density at radius 3 is 2.69 bits per heavy atom. The summed E-state index contributed by atoms with van der Waals surface area (Å²) in [4.78, 5) is 36.5. The van der Waals surface area contributed by atoms with Gasteiger partial charge in [-0.2, -0.15) is 10.1 Å². The number of nitrogens with one attached hydrogen (secondary N) is 1. The fourth-order valence-corrected chi connectivity index (χ4v) is 4.00. The quantitative estimate of drug-likeness (QED) is 0.178. The lowest BCUT2D eigenvalue weighted by Crippen LogP contribution is -2.26. The minimum atomic E-state index is -0.520. The molecule has 13 heteroatoms. The number of hydrogen-bond acceptors (Lipinski definition) is 11. The van der Waals surface area contributed by atoms with Gasteiger partial charge in [0.15, 0.2) is 11.2 Å². The standard InChI is InChI=1S/C26H34N8O5/c1-26(2,3)39-20(36)9-13-37-12-8-19(35)29-10-4-5-11-34-24-21(23(27)30-15-31-24)22(33-34)16-6-7-18-17(14-16)32-25(28)38-18/h6-7,14-15H,4-5,8-13H2,1-3H3,(H2,28,32)(H,29,35)(H2,27,30,31). The molecule has 0 unspecified atom stereocenters. The van der Waals surface area contributed by atoms with Gasteiger partial charge in [0, 0.05) is 25.1 Å². The summed E-state index contributed by atoms with van der Waals surface area (Å²) in [5.41, 5.74) is 14.6. The number of hydrogen-bond donors (Lipinski definition) is 3. The van der Waals surface area contributed by atoms with Crippen molar-refractivity contribution in [2.24, 2.45) is 0 Å². The zero-order chi connectivity index (χ0) is 28.0. The summed E-state index contributed by atoms with van der Waals surface area (Å²) in [5, 5.41) is 8.31.